The molecule has 4 nitrogen and oxygen atoms in total. The van der Waals surface area contributed by atoms with E-state index in [0.717, 1.165) is 0 Å². The Balaban J connectivity index is 2.41. The lowest BCUT2D eigenvalue weighted by Gasteiger charge is -2.14. The predicted octanol–water partition coefficient (Wildman–Crippen LogP) is 2.42. The van der Waals surface area contributed by atoms with Crippen molar-refractivity contribution in [3.8, 4) is 5.69 Å². The maximum atomic E-state index is 13.7. The summed E-state index contributed by atoms with van der Waals surface area (Å²) in [6, 6.07) is 11.6. The predicted molar refractivity (Wildman–Crippen MR) is 76.4 cm³/mol. The molecule has 0 radical (unpaired) electrons. The zero-order valence-corrected chi connectivity index (χ0v) is 10.8. The van der Waals surface area contributed by atoms with E-state index in [4.69, 9.17) is 5.73 Å². The van der Waals surface area contributed by atoms with E-state index in [9.17, 15) is 9.18 Å². The number of benzene rings is 2. The highest BCUT2D eigenvalue weighted by atomic mass is 19.1. The number of hydrogen-bond donors (Lipinski definition) is 1. The fraction of sp³-hybridized carbons (Fsp3) is 0.0667. The van der Waals surface area contributed by atoms with Crippen molar-refractivity contribution in [3.05, 3.63) is 64.5 Å². The minimum Gasteiger partial charge on any atom is -0.396 e. The molecule has 20 heavy (non-hydrogen) atoms. The Morgan fingerprint density at radius 3 is 2.70 bits per heavy atom. The summed E-state index contributed by atoms with van der Waals surface area (Å²) in [5.74, 6) is 0.00236. The van der Waals surface area contributed by atoms with E-state index in [2.05, 4.69) is 4.98 Å². The van der Waals surface area contributed by atoms with Gasteiger partial charge in [-0.1, -0.05) is 12.1 Å². The molecule has 1 heterocycles. The molecule has 0 bridgehead atoms. The van der Waals surface area contributed by atoms with Crippen molar-refractivity contribution in [2.45, 2.75) is 6.92 Å². The van der Waals surface area contributed by atoms with E-state index >= 15 is 0 Å². The van der Waals surface area contributed by atoms with Crippen molar-refractivity contribution in [1.82, 2.24) is 9.55 Å². The number of hydrogen-bond acceptors (Lipinski definition) is 3. The van der Waals surface area contributed by atoms with Gasteiger partial charge in [-0.25, -0.2) is 4.39 Å². The number of halogens is 1. The number of nitrogens with zero attached hydrogens (tertiary/aromatic N) is 2. The summed E-state index contributed by atoms with van der Waals surface area (Å²) in [6.45, 7) is 1.71. The third kappa shape index (κ3) is 1.84. The van der Waals surface area contributed by atoms with Crippen LogP contribution in [0.1, 0.15) is 5.82 Å². The van der Waals surface area contributed by atoms with Crippen LogP contribution in [-0.4, -0.2) is 9.55 Å². The summed E-state index contributed by atoms with van der Waals surface area (Å²) in [5, 5.41) is 0.496. The van der Waals surface area contributed by atoms with Gasteiger partial charge in [-0.2, -0.15) is 4.98 Å². The summed E-state index contributed by atoms with van der Waals surface area (Å²) >= 11 is 0. The monoisotopic (exact) mass is 269 g/mol. The van der Waals surface area contributed by atoms with Gasteiger partial charge >= 0.3 is 0 Å². The van der Waals surface area contributed by atoms with Crippen molar-refractivity contribution in [1.29, 1.82) is 0 Å². The summed E-state index contributed by atoms with van der Waals surface area (Å²) in [4.78, 5) is 15.9. The molecule has 3 rings (SSSR count). The standard InChI is InChI=1S/C15H12FN3O/c1-9-18-15(20)11-4-2-3-5-14(11)19(9)10-6-7-13(17)12(16)8-10/h2-8H,17H2,1H3. The van der Waals surface area contributed by atoms with Crippen LogP contribution in [0.25, 0.3) is 16.6 Å². The second kappa shape index (κ2) is 4.45. The lowest BCUT2D eigenvalue weighted by molar-refractivity contribution is 0.631. The van der Waals surface area contributed by atoms with Crippen LogP contribution in [0.15, 0.2) is 47.3 Å². The van der Waals surface area contributed by atoms with Crippen molar-refractivity contribution in [2.24, 2.45) is 0 Å². The minimum atomic E-state index is -0.496. The summed E-state index contributed by atoms with van der Waals surface area (Å²) in [5.41, 5.74) is 6.56. The van der Waals surface area contributed by atoms with Crippen LogP contribution in [0.3, 0.4) is 0 Å². The van der Waals surface area contributed by atoms with Crippen molar-refractivity contribution < 1.29 is 4.39 Å². The van der Waals surface area contributed by atoms with E-state index in [1.54, 1.807) is 35.8 Å². The van der Waals surface area contributed by atoms with Gasteiger partial charge in [0.2, 0.25) is 0 Å². The van der Waals surface area contributed by atoms with Gasteiger partial charge in [0.25, 0.3) is 5.56 Å². The van der Waals surface area contributed by atoms with E-state index in [-0.39, 0.29) is 11.2 Å². The molecule has 0 aliphatic heterocycles. The Morgan fingerprint density at radius 2 is 1.95 bits per heavy atom. The van der Waals surface area contributed by atoms with Gasteiger partial charge < -0.3 is 5.73 Å². The number of aromatic nitrogens is 2. The molecule has 0 saturated heterocycles. The minimum absolute atomic E-state index is 0.0877. The first-order chi connectivity index (χ1) is 9.58. The fourth-order valence-electron chi connectivity index (χ4n) is 2.26. The van der Waals surface area contributed by atoms with Gasteiger partial charge in [0.05, 0.1) is 22.3 Å². The zero-order valence-electron chi connectivity index (χ0n) is 10.8. The van der Waals surface area contributed by atoms with Crippen molar-refractivity contribution in [3.63, 3.8) is 0 Å². The zero-order chi connectivity index (χ0) is 14.3. The molecule has 0 spiro atoms. The highest BCUT2D eigenvalue weighted by Gasteiger charge is 2.10. The Labute approximate surface area is 114 Å². The topological polar surface area (TPSA) is 60.9 Å². The maximum absolute atomic E-state index is 13.7. The van der Waals surface area contributed by atoms with Crippen molar-refractivity contribution >= 4 is 16.6 Å². The summed E-state index contributed by atoms with van der Waals surface area (Å²) in [7, 11) is 0. The molecular weight excluding hydrogens is 257 g/mol. The molecule has 1 aromatic heterocycles. The Bertz CT molecular complexity index is 871. The number of rotatable bonds is 1. The molecule has 0 aliphatic carbocycles. The van der Waals surface area contributed by atoms with Crippen LogP contribution in [0.4, 0.5) is 10.1 Å². The largest absolute Gasteiger partial charge is 0.396 e. The number of nitrogen functional groups attached to an aromatic ring is 1. The highest BCUT2D eigenvalue weighted by molar-refractivity contribution is 5.80. The van der Waals surface area contributed by atoms with Gasteiger partial charge in [-0.3, -0.25) is 9.36 Å². The van der Waals surface area contributed by atoms with Crippen LogP contribution in [0, 0.1) is 12.7 Å². The molecule has 3 aromatic rings. The van der Waals surface area contributed by atoms with Crippen LogP contribution >= 0.6 is 0 Å². The molecule has 2 N–H and O–H groups in total. The normalized spacial score (nSPS) is 10.9. The molecule has 0 atom stereocenters. The fourth-order valence-corrected chi connectivity index (χ4v) is 2.26. The quantitative estimate of drug-likeness (QED) is 0.690. The SMILES string of the molecule is Cc1nc(=O)c2ccccc2n1-c1ccc(N)c(F)c1. The van der Waals surface area contributed by atoms with E-state index < -0.39 is 5.82 Å². The van der Waals surface area contributed by atoms with Gasteiger partial charge in [-0.15, -0.1) is 0 Å². The van der Waals surface area contributed by atoms with Crippen LogP contribution < -0.4 is 11.3 Å². The molecule has 100 valence electrons. The van der Waals surface area contributed by atoms with Crippen LogP contribution in [-0.2, 0) is 0 Å². The molecule has 0 fully saturated rings. The molecule has 5 heteroatoms. The molecule has 0 saturated carbocycles. The average Bonchev–Trinajstić information content (AvgIpc) is 2.43. The third-order valence-electron chi connectivity index (χ3n) is 3.20. The number of para-hydroxylation sites is 1. The van der Waals surface area contributed by atoms with Gasteiger partial charge in [-0.05, 0) is 31.2 Å². The molecule has 0 unspecified atom stereocenters. The second-order valence-electron chi connectivity index (χ2n) is 4.52. The average molecular weight is 269 g/mol. The summed E-state index contributed by atoms with van der Waals surface area (Å²) < 4.78 is 15.4. The first kappa shape index (κ1) is 12.3. The Kier molecular flexibility index (Phi) is 2.75. The third-order valence-corrected chi connectivity index (χ3v) is 3.20. The van der Waals surface area contributed by atoms with Crippen LogP contribution in [0.2, 0.25) is 0 Å². The molecule has 0 amide bonds. The van der Waals surface area contributed by atoms with Gasteiger partial charge in [0, 0.05) is 6.07 Å². The number of fused-ring (bicyclic) bond motifs is 1. The molecular formula is C15H12FN3O. The molecule has 0 aliphatic rings. The smallest absolute Gasteiger partial charge is 0.280 e. The summed E-state index contributed by atoms with van der Waals surface area (Å²) in [6.07, 6.45) is 0. The first-order valence-electron chi connectivity index (χ1n) is 6.12. The number of nitrogens with two attached hydrogens (primary N) is 1. The van der Waals surface area contributed by atoms with E-state index in [1.807, 2.05) is 6.07 Å². The maximum Gasteiger partial charge on any atom is 0.280 e. The van der Waals surface area contributed by atoms with Crippen molar-refractivity contribution in [2.75, 3.05) is 5.73 Å². The van der Waals surface area contributed by atoms with Gasteiger partial charge in [0.1, 0.15) is 11.6 Å². The lowest BCUT2D eigenvalue weighted by atomic mass is 10.2. The Hall–Kier alpha value is -2.69. The van der Waals surface area contributed by atoms with Gasteiger partial charge in [0.15, 0.2) is 0 Å². The Morgan fingerprint density at radius 1 is 1.20 bits per heavy atom. The van der Waals surface area contributed by atoms with Crippen LogP contribution in [0.5, 0.6) is 0 Å². The highest BCUT2D eigenvalue weighted by Crippen LogP contribution is 2.20. The number of anilines is 1. The van der Waals surface area contributed by atoms with E-state index in [0.29, 0.717) is 22.4 Å². The lowest BCUT2D eigenvalue weighted by Crippen LogP contribution is -2.15. The van der Waals surface area contributed by atoms with E-state index in [1.165, 1.54) is 12.1 Å². The first-order valence-corrected chi connectivity index (χ1v) is 6.12. The molecule has 2 aromatic carbocycles. The second-order valence-corrected chi connectivity index (χ2v) is 4.52. The number of aryl methyl sites for hydroxylation is 1.